The maximum atomic E-state index is 13.6. The van der Waals surface area contributed by atoms with E-state index in [0.29, 0.717) is 10.2 Å². The van der Waals surface area contributed by atoms with Crippen molar-refractivity contribution in [2.45, 2.75) is 13.8 Å². The molecule has 0 fully saturated rings. The van der Waals surface area contributed by atoms with Gasteiger partial charge in [-0.1, -0.05) is 11.2 Å². The number of rotatable bonds is 2. The third-order valence-electron chi connectivity index (χ3n) is 2.38. The molecule has 1 aromatic heterocycles. The van der Waals surface area contributed by atoms with Gasteiger partial charge < -0.3 is 9.84 Å². The molecule has 0 aliphatic heterocycles. The van der Waals surface area contributed by atoms with Gasteiger partial charge in [-0.25, -0.2) is 4.39 Å². The van der Waals surface area contributed by atoms with Gasteiger partial charge in [-0.05, 0) is 41.4 Å². The van der Waals surface area contributed by atoms with Crippen LogP contribution in [0.3, 0.4) is 0 Å². The lowest BCUT2D eigenvalue weighted by Gasteiger charge is -2.09. The third-order valence-corrected chi connectivity index (χ3v) is 3.41. The molecule has 2 rings (SSSR count). The van der Waals surface area contributed by atoms with E-state index in [1.54, 1.807) is 19.9 Å². The second-order valence-corrected chi connectivity index (χ2v) is 4.62. The van der Waals surface area contributed by atoms with E-state index in [1.807, 2.05) is 0 Å². The minimum Gasteiger partial charge on any atom is -0.361 e. The first-order chi connectivity index (χ1) is 8.49. The van der Waals surface area contributed by atoms with Crippen LogP contribution >= 0.6 is 15.9 Å². The number of amides is 1. The Hall–Kier alpha value is -1.69. The van der Waals surface area contributed by atoms with Crippen LogP contribution in [0.15, 0.2) is 27.2 Å². The third kappa shape index (κ3) is 2.43. The van der Waals surface area contributed by atoms with E-state index in [-0.39, 0.29) is 11.4 Å². The van der Waals surface area contributed by atoms with E-state index < -0.39 is 11.7 Å². The molecule has 94 valence electrons. The van der Waals surface area contributed by atoms with Crippen LogP contribution in [0.25, 0.3) is 0 Å². The van der Waals surface area contributed by atoms with E-state index >= 15 is 0 Å². The van der Waals surface area contributed by atoms with Gasteiger partial charge in [0.1, 0.15) is 11.6 Å². The highest BCUT2D eigenvalue weighted by atomic mass is 79.9. The van der Waals surface area contributed by atoms with Gasteiger partial charge in [-0.2, -0.15) is 0 Å². The number of nitrogens with zero attached hydrogens (tertiary/aromatic N) is 1. The van der Waals surface area contributed by atoms with Gasteiger partial charge >= 0.3 is 0 Å². The van der Waals surface area contributed by atoms with Gasteiger partial charge in [0.25, 0.3) is 5.91 Å². The van der Waals surface area contributed by atoms with E-state index in [2.05, 4.69) is 26.4 Å². The van der Waals surface area contributed by atoms with Gasteiger partial charge in [0.05, 0.1) is 5.69 Å². The highest BCUT2D eigenvalue weighted by molar-refractivity contribution is 9.10. The van der Waals surface area contributed by atoms with Crippen molar-refractivity contribution in [3.8, 4) is 0 Å². The van der Waals surface area contributed by atoms with Gasteiger partial charge in [0, 0.05) is 10.5 Å². The standard InChI is InChI=1S/C12H10BrFN2O2/c1-6-3-4-8(14)11(10(6)13)15-12(17)9-5-7(2)18-16-9/h3-5H,1-2H3,(H,15,17). The monoisotopic (exact) mass is 312 g/mol. The summed E-state index contributed by atoms with van der Waals surface area (Å²) in [4.78, 5) is 11.8. The molecule has 4 nitrogen and oxygen atoms in total. The quantitative estimate of drug-likeness (QED) is 0.924. The molecule has 1 amide bonds. The summed E-state index contributed by atoms with van der Waals surface area (Å²) in [5, 5.41) is 6.03. The van der Waals surface area contributed by atoms with Gasteiger partial charge in [-0.3, -0.25) is 4.79 Å². The Morgan fingerprint density at radius 1 is 1.44 bits per heavy atom. The van der Waals surface area contributed by atoms with E-state index in [4.69, 9.17) is 4.52 Å². The zero-order chi connectivity index (χ0) is 13.3. The molecule has 1 aromatic carbocycles. The molecule has 0 atom stereocenters. The predicted molar refractivity (Wildman–Crippen MR) is 68.0 cm³/mol. The Balaban J connectivity index is 2.30. The lowest BCUT2D eigenvalue weighted by molar-refractivity contribution is 0.101. The van der Waals surface area contributed by atoms with Crippen LogP contribution in [0, 0.1) is 19.7 Å². The van der Waals surface area contributed by atoms with Crippen molar-refractivity contribution < 1.29 is 13.7 Å². The molecule has 0 aliphatic rings. The minimum atomic E-state index is -0.517. The summed E-state index contributed by atoms with van der Waals surface area (Å²) in [6.45, 7) is 3.48. The summed E-state index contributed by atoms with van der Waals surface area (Å²) in [7, 11) is 0. The number of aryl methyl sites for hydroxylation is 2. The smallest absolute Gasteiger partial charge is 0.277 e. The highest BCUT2D eigenvalue weighted by Gasteiger charge is 2.16. The molecule has 0 bridgehead atoms. The highest BCUT2D eigenvalue weighted by Crippen LogP contribution is 2.29. The maximum Gasteiger partial charge on any atom is 0.277 e. The zero-order valence-electron chi connectivity index (χ0n) is 9.75. The topological polar surface area (TPSA) is 55.1 Å². The first kappa shape index (κ1) is 12.8. The number of carbonyl (C=O) groups is 1. The number of aromatic nitrogens is 1. The second kappa shape index (κ2) is 4.89. The van der Waals surface area contributed by atoms with Gasteiger partial charge in [-0.15, -0.1) is 0 Å². The van der Waals surface area contributed by atoms with E-state index in [9.17, 15) is 9.18 Å². The van der Waals surface area contributed by atoms with Crippen LogP contribution in [0.4, 0.5) is 10.1 Å². The van der Waals surface area contributed by atoms with E-state index in [0.717, 1.165) is 5.56 Å². The molecule has 0 radical (unpaired) electrons. The molecule has 1 heterocycles. The average molecular weight is 313 g/mol. The Morgan fingerprint density at radius 3 is 2.78 bits per heavy atom. The van der Waals surface area contributed by atoms with Crippen LogP contribution < -0.4 is 5.32 Å². The second-order valence-electron chi connectivity index (χ2n) is 3.83. The summed E-state index contributed by atoms with van der Waals surface area (Å²) in [5.41, 5.74) is 1.03. The van der Waals surface area contributed by atoms with Crippen LogP contribution in [0.1, 0.15) is 21.8 Å². The molecule has 6 heteroatoms. The molecular formula is C12H10BrFN2O2. The van der Waals surface area contributed by atoms with Crippen molar-refractivity contribution in [3.05, 3.63) is 45.5 Å². The van der Waals surface area contributed by atoms with Crippen molar-refractivity contribution in [2.75, 3.05) is 5.32 Å². The van der Waals surface area contributed by atoms with Crippen molar-refractivity contribution >= 4 is 27.5 Å². The number of hydrogen-bond donors (Lipinski definition) is 1. The van der Waals surface area contributed by atoms with Gasteiger partial charge in [0.2, 0.25) is 0 Å². The molecule has 0 saturated heterocycles. The fraction of sp³-hybridized carbons (Fsp3) is 0.167. The number of anilines is 1. The average Bonchev–Trinajstić information content (AvgIpc) is 2.76. The summed E-state index contributed by atoms with van der Waals surface area (Å²) in [6.07, 6.45) is 0. The number of halogens is 2. The molecule has 2 aromatic rings. The zero-order valence-corrected chi connectivity index (χ0v) is 11.3. The predicted octanol–water partition coefficient (Wildman–Crippen LogP) is 3.45. The summed E-state index contributed by atoms with van der Waals surface area (Å²) < 4.78 is 18.9. The summed E-state index contributed by atoms with van der Waals surface area (Å²) >= 11 is 3.24. The number of carbonyl (C=O) groups excluding carboxylic acids is 1. The van der Waals surface area contributed by atoms with Crippen LogP contribution in [-0.4, -0.2) is 11.1 Å². The molecule has 1 N–H and O–H groups in total. The Labute approximate surface area is 111 Å². The lowest BCUT2D eigenvalue weighted by atomic mass is 10.2. The van der Waals surface area contributed by atoms with Crippen LogP contribution in [0.2, 0.25) is 0 Å². The molecule has 0 spiro atoms. The number of benzene rings is 1. The van der Waals surface area contributed by atoms with Gasteiger partial charge in [0.15, 0.2) is 5.69 Å². The van der Waals surface area contributed by atoms with Crippen molar-refractivity contribution in [3.63, 3.8) is 0 Å². The van der Waals surface area contributed by atoms with Crippen molar-refractivity contribution in [1.29, 1.82) is 0 Å². The molecule has 18 heavy (non-hydrogen) atoms. The first-order valence-electron chi connectivity index (χ1n) is 5.18. The normalized spacial score (nSPS) is 10.4. The number of nitrogens with one attached hydrogen (secondary N) is 1. The Kier molecular flexibility index (Phi) is 3.47. The van der Waals surface area contributed by atoms with Crippen LogP contribution in [0.5, 0.6) is 0 Å². The molecule has 0 saturated carbocycles. The fourth-order valence-electron chi connectivity index (χ4n) is 1.42. The molecular weight excluding hydrogens is 303 g/mol. The van der Waals surface area contributed by atoms with Crippen molar-refractivity contribution in [1.82, 2.24) is 5.16 Å². The minimum absolute atomic E-state index is 0.0978. The lowest BCUT2D eigenvalue weighted by Crippen LogP contribution is -2.14. The van der Waals surface area contributed by atoms with Crippen molar-refractivity contribution in [2.24, 2.45) is 0 Å². The molecule has 0 aliphatic carbocycles. The Bertz CT molecular complexity index is 610. The maximum absolute atomic E-state index is 13.6. The molecule has 0 unspecified atom stereocenters. The number of hydrogen-bond acceptors (Lipinski definition) is 3. The van der Waals surface area contributed by atoms with E-state index in [1.165, 1.54) is 12.1 Å². The first-order valence-corrected chi connectivity index (χ1v) is 5.97. The largest absolute Gasteiger partial charge is 0.361 e. The fourth-order valence-corrected chi connectivity index (χ4v) is 1.84. The SMILES string of the molecule is Cc1cc(C(=O)Nc2c(F)ccc(C)c2Br)no1. The van der Waals surface area contributed by atoms with Crippen LogP contribution in [-0.2, 0) is 0 Å². The summed E-state index contributed by atoms with van der Waals surface area (Å²) in [6, 6.07) is 4.40. The summed E-state index contributed by atoms with van der Waals surface area (Å²) in [5.74, 6) is -0.512. The Morgan fingerprint density at radius 2 is 2.17 bits per heavy atom.